The fourth-order valence-corrected chi connectivity index (χ4v) is 2.88. The van der Waals surface area contributed by atoms with Crippen molar-refractivity contribution in [2.75, 3.05) is 11.5 Å². The molecule has 0 saturated carbocycles. The van der Waals surface area contributed by atoms with Gasteiger partial charge in [-0.15, -0.1) is 5.11 Å². The van der Waals surface area contributed by atoms with Crippen molar-refractivity contribution in [1.82, 2.24) is 0 Å². The minimum Gasteiger partial charge on any atom is -0.399 e. The Morgan fingerprint density at radius 1 is 0.577 bits per heavy atom. The van der Waals surface area contributed by atoms with Crippen molar-refractivity contribution in [3.05, 3.63) is 84.9 Å². The van der Waals surface area contributed by atoms with Crippen LogP contribution in [-0.2, 0) is 0 Å². The van der Waals surface area contributed by atoms with Gasteiger partial charge in [-0.25, -0.2) is 0 Å². The molecule has 126 valence electrons. The van der Waals surface area contributed by atoms with E-state index in [1.807, 2.05) is 84.9 Å². The normalized spacial score (nSPS) is 11.2. The predicted octanol–water partition coefficient (Wildman–Crippen LogP) is 6.09. The molecule has 0 spiro atoms. The van der Waals surface area contributed by atoms with Crippen LogP contribution in [-0.4, -0.2) is 0 Å². The maximum absolute atomic E-state index is 6.23. The van der Waals surface area contributed by atoms with E-state index in [0.29, 0.717) is 11.4 Å². The SMILES string of the molecule is Nc1ccc(-c2ccc(N=Nc3ccc4ccccc4c3N)cc2)cc1. The van der Waals surface area contributed by atoms with E-state index in [0.717, 1.165) is 33.3 Å². The van der Waals surface area contributed by atoms with Crippen molar-refractivity contribution in [1.29, 1.82) is 0 Å². The van der Waals surface area contributed by atoms with Crippen LogP contribution in [0.15, 0.2) is 95.2 Å². The molecule has 0 atom stereocenters. The van der Waals surface area contributed by atoms with Gasteiger partial charge in [0.2, 0.25) is 0 Å². The zero-order valence-corrected chi connectivity index (χ0v) is 14.1. The van der Waals surface area contributed by atoms with Crippen LogP contribution in [0.3, 0.4) is 0 Å². The molecule has 4 N–H and O–H groups in total. The minimum atomic E-state index is 0.644. The van der Waals surface area contributed by atoms with E-state index in [9.17, 15) is 0 Å². The van der Waals surface area contributed by atoms with Crippen molar-refractivity contribution in [2.24, 2.45) is 10.2 Å². The lowest BCUT2D eigenvalue weighted by molar-refractivity contribution is 1.24. The Balaban J connectivity index is 1.59. The van der Waals surface area contributed by atoms with Gasteiger partial charge in [0.15, 0.2) is 0 Å². The van der Waals surface area contributed by atoms with Gasteiger partial charge in [0.05, 0.1) is 11.4 Å². The zero-order chi connectivity index (χ0) is 17.9. The summed E-state index contributed by atoms with van der Waals surface area (Å²) < 4.78 is 0. The summed E-state index contributed by atoms with van der Waals surface area (Å²) in [5, 5.41) is 10.7. The van der Waals surface area contributed by atoms with Crippen molar-refractivity contribution in [3.63, 3.8) is 0 Å². The second-order valence-corrected chi connectivity index (χ2v) is 6.09. The van der Waals surface area contributed by atoms with E-state index in [4.69, 9.17) is 11.5 Å². The van der Waals surface area contributed by atoms with Crippen molar-refractivity contribution in [2.45, 2.75) is 0 Å². The second-order valence-electron chi connectivity index (χ2n) is 6.09. The first-order valence-corrected chi connectivity index (χ1v) is 8.36. The van der Waals surface area contributed by atoms with Crippen LogP contribution in [0.4, 0.5) is 22.7 Å². The summed E-state index contributed by atoms with van der Waals surface area (Å²) in [4.78, 5) is 0. The Bertz CT molecular complexity index is 1080. The lowest BCUT2D eigenvalue weighted by Gasteiger charge is -2.05. The van der Waals surface area contributed by atoms with Crippen LogP contribution in [0, 0.1) is 0 Å². The molecular formula is C22H18N4. The van der Waals surface area contributed by atoms with Gasteiger partial charge in [-0.1, -0.05) is 54.6 Å². The fraction of sp³-hybridized carbons (Fsp3) is 0. The van der Waals surface area contributed by atoms with E-state index in [-0.39, 0.29) is 0 Å². The Labute approximate surface area is 151 Å². The van der Waals surface area contributed by atoms with Crippen LogP contribution in [0.5, 0.6) is 0 Å². The summed E-state index contributed by atoms with van der Waals surface area (Å²) in [6, 6.07) is 27.6. The van der Waals surface area contributed by atoms with Gasteiger partial charge in [-0.3, -0.25) is 0 Å². The maximum Gasteiger partial charge on any atom is 0.109 e. The van der Waals surface area contributed by atoms with Gasteiger partial charge in [0, 0.05) is 11.1 Å². The predicted molar refractivity (Wildman–Crippen MR) is 109 cm³/mol. The first kappa shape index (κ1) is 15.8. The van der Waals surface area contributed by atoms with Gasteiger partial charge < -0.3 is 11.5 Å². The third-order valence-electron chi connectivity index (χ3n) is 4.33. The van der Waals surface area contributed by atoms with E-state index in [1.54, 1.807) is 0 Å². The number of nitrogens with zero attached hydrogens (tertiary/aromatic N) is 2. The molecule has 0 aliphatic rings. The Morgan fingerprint density at radius 3 is 1.96 bits per heavy atom. The molecule has 0 heterocycles. The van der Waals surface area contributed by atoms with Crippen LogP contribution >= 0.6 is 0 Å². The highest BCUT2D eigenvalue weighted by atomic mass is 15.1. The van der Waals surface area contributed by atoms with Gasteiger partial charge in [-0.2, -0.15) is 5.11 Å². The van der Waals surface area contributed by atoms with Gasteiger partial charge >= 0.3 is 0 Å². The molecule has 26 heavy (non-hydrogen) atoms. The molecule has 4 nitrogen and oxygen atoms in total. The molecule has 4 heteroatoms. The number of hydrogen-bond acceptors (Lipinski definition) is 4. The first-order valence-electron chi connectivity index (χ1n) is 8.36. The summed E-state index contributed by atoms with van der Waals surface area (Å²) in [5.41, 5.74) is 17.0. The Morgan fingerprint density at radius 2 is 1.23 bits per heavy atom. The summed E-state index contributed by atoms with van der Waals surface area (Å²) in [6.45, 7) is 0. The van der Waals surface area contributed by atoms with Crippen LogP contribution in [0.1, 0.15) is 0 Å². The van der Waals surface area contributed by atoms with E-state index < -0.39 is 0 Å². The lowest BCUT2D eigenvalue weighted by Crippen LogP contribution is -1.87. The highest BCUT2D eigenvalue weighted by Crippen LogP contribution is 2.32. The number of fused-ring (bicyclic) bond motifs is 1. The van der Waals surface area contributed by atoms with E-state index >= 15 is 0 Å². The molecule has 4 rings (SSSR count). The van der Waals surface area contributed by atoms with Crippen LogP contribution in [0.25, 0.3) is 21.9 Å². The Hall–Kier alpha value is -3.66. The quantitative estimate of drug-likeness (QED) is 0.350. The van der Waals surface area contributed by atoms with Gasteiger partial charge in [0.25, 0.3) is 0 Å². The molecule has 4 aromatic carbocycles. The molecule has 0 aliphatic heterocycles. The molecule has 0 fully saturated rings. The summed E-state index contributed by atoms with van der Waals surface area (Å²) in [7, 11) is 0. The topological polar surface area (TPSA) is 76.8 Å². The molecule has 0 radical (unpaired) electrons. The van der Waals surface area contributed by atoms with Crippen molar-refractivity contribution >= 4 is 33.5 Å². The molecule has 0 unspecified atom stereocenters. The molecule has 0 bridgehead atoms. The smallest absolute Gasteiger partial charge is 0.109 e. The standard InChI is InChI=1S/C22H18N4/c23-18-10-5-15(6-11-18)16-7-12-19(13-8-16)25-26-21-14-9-17-3-1-2-4-20(17)22(21)24/h1-14H,23-24H2. The lowest BCUT2D eigenvalue weighted by atomic mass is 10.1. The minimum absolute atomic E-state index is 0.644. The third kappa shape index (κ3) is 3.13. The molecule has 4 aromatic rings. The van der Waals surface area contributed by atoms with E-state index in [2.05, 4.69) is 10.2 Å². The zero-order valence-electron chi connectivity index (χ0n) is 14.1. The number of benzene rings is 4. The first-order chi connectivity index (χ1) is 12.7. The number of anilines is 2. The van der Waals surface area contributed by atoms with Gasteiger partial charge in [0.1, 0.15) is 5.69 Å². The highest BCUT2D eigenvalue weighted by molar-refractivity contribution is 5.98. The fourth-order valence-electron chi connectivity index (χ4n) is 2.88. The summed E-state index contributed by atoms with van der Waals surface area (Å²) in [5.74, 6) is 0. The molecular weight excluding hydrogens is 320 g/mol. The Kier molecular flexibility index (Phi) is 4.07. The average molecular weight is 338 g/mol. The monoisotopic (exact) mass is 338 g/mol. The highest BCUT2D eigenvalue weighted by Gasteiger charge is 2.03. The van der Waals surface area contributed by atoms with Crippen LogP contribution < -0.4 is 11.5 Å². The number of rotatable bonds is 3. The van der Waals surface area contributed by atoms with Crippen LogP contribution in [0.2, 0.25) is 0 Å². The van der Waals surface area contributed by atoms with E-state index in [1.165, 1.54) is 0 Å². The largest absolute Gasteiger partial charge is 0.399 e. The summed E-state index contributed by atoms with van der Waals surface area (Å²) >= 11 is 0. The van der Waals surface area contributed by atoms with Crippen molar-refractivity contribution < 1.29 is 0 Å². The molecule has 0 aromatic heterocycles. The number of hydrogen-bond donors (Lipinski definition) is 2. The molecule has 0 aliphatic carbocycles. The summed E-state index contributed by atoms with van der Waals surface area (Å²) in [6.07, 6.45) is 0. The van der Waals surface area contributed by atoms with Gasteiger partial charge in [-0.05, 0) is 46.8 Å². The number of nitrogens with two attached hydrogens (primary N) is 2. The van der Waals surface area contributed by atoms with Crippen molar-refractivity contribution in [3.8, 4) is 11.1 Å². The third-order valence-corrected chi connectivity index (χ3v) is 4.33. The number of azo groups is 1. The second kappa shape index (κ2) is 6.69. The molecule has 0 saturated heterocycles. The number of nitrogen functional groups attached to an aromatic ring is 2. The molecule has 0 amide bonds. The average Bonchev–Trinajstić information content (AvgIpc) is 2.69. The maximum atomic E-state index is 6.23.